The van der Waals surface area contributed by atoms with Crippen molar-refractivity contribution < 1.29 is 4.79 Å². The van der Waals surface area contributed by atoms with Gasteiger partial charge < -0.3 is 4.57 Å². The molecule has 19 heavy (non-hydrogen) atoms. The molecule has 2 aromatic rings. The fourth-order valence-electron chi connectivity index (χ4n) is 2.22. The summed E-state index contributed by atoms with van der Waals surface area (Å²) < 4.78 is 3.70. The van der Waals surface area contributed by atoms with Crippen LogP contribution in [0, 0.1) is 0 Å². The van der Waals surface area contributed by atoms with E-state index in [4.69, 9.17) is 0 Å². The van der Waals surface area contributed by atoms with Crippen molar-refractivity contribution >= 4 is 5.78 Å². The predicted molar refractivity (Wildman–Crippen MR) is 73.1 cm³/mol. The van der Waals surface area contributed by atoms with Crippen molar-refractivity contribution in [3.05, 3.63) is 36.2 Å². The Morgan fingerprint density at radius 3 is 2.68 bits per heavy atom. The first-order valence-electron chi connectivity index (χ1n) is 6.69. The lowest BCUT2D eigenvalue weighted by atomic mass is 10.2. The molecule has 0 N–H and O–H groups in total. The molecule has 5 heteroatoms. The van der Waals surface area contributed by atoms with Crippen LogP contribution in [0.3, 0.4) is 0 Å². The van der Waals surface area contributed by atoms with Crippen LogP contribution < -0.4 is 0 Å². The molecule has 0 atom stereocenters. The van der Waals surface area contributed by atoms with Crippen molar-refractivity contribution in [1.29, 1.82) is 0 Å². The summed E-state index contributed by atoms with van der Waals surface area (Å²) in [4.78, 5) is 16.1. The van der Waals surface area contributed by atoms with E-state index in [1.165, 1.54) is 0 Å². The van der Waals surface area contributed by atoms with Crippen LogP contribution in [0.4, 0.5) is 0 Å². The van der Waals surface area contributed by atoms with Crippen LogP contribution in [0.25, 0.3) is 0 Å². The van der Waals surface area contributed by atoms with Crippen molar-refractivity contribution in [2.75, 3.05) is 0 Å². The van der Waals surface area contributed by atoms with Gasteiger partial charge in [0.05, 0.1) is 30.7 Å². The quantitative estimate of drug-likeness (QED) is 0.749. The molecule has 0 aliphatic heterocycles. The molecule has 0 spiro atoms. The molecule has 0 aliphatic carbocycles. The molecule has 0 saturated carbocycles. The Labute approximate surface area is 113 Å². The van der Waals surface area contributed by atoms with Crippen molar-refractivity contribution in [2.24, 2.45) is 7.05 Å². The minimum atomic E-state index is 0.0507. The van der Waals surface area contributed by atoms with E-state index in [2.05, 4.69) is 23.9 Å². The lowest BCUT2D eigenvalue weighted by molar-refractivity contribution is 0.0984. The standard InChI is InChI=1S/C14H20N4O/c1-4-12(5-2)18-7-6-11(16-18)8-14(19)13-9-15-10-17(13)3/h6-7,9-10,12H,4-5,8H2,1-3H3. The third-order valence-corrected chi connectivity index (χ3v) is 3.42. The van der Waals surface area contributed by atoms with Crippen molar-refractivity contribution in [1.82, 2.24) is 19.3 Å². The number of hydrogen-bond acceptors (Lipinski definition) is 3. The van der Waals surface area contributed by atoms with Crippen LogP contribution in [-0.2, 0) is 13.5 Å². The van der Waals surface area contributed by atoms with Gasteiger partial charge in [-0.25, -0.2) is 4.98 Å². The van der Waals surface area contributed by atoms with Crippen LogP contribution in [0.15, 0.2) is 24.8 Å². The number of rotatable bonds is 6. The van der Waals surface area contributed by atoms with Crippen LogP contribution >= 0.6 is 0 Å². The summed E-state index contributed by atoms with van der Waals surface area (Å²) in [5.74, 6) is 0.0507. The average molecular weight is 260 g/mol. The number of nitrogens with zero attached hydrogens (tertiary/aromatic N) is 4. The predicted octanol–water partition coefficient (Wildman–Crippen LogP) is 2.40. The summed E-state index contributed by atoms with van der Waals surface area (Å²) in [7, 11) is 1.82. The Balaban J connectivity index is 2.08. The summed E-state index contributed by atoms with van der Waals surface area (Å²) in [6.45, 7) is 4.30. The van der Waals surface area contributed by atoms with Gasteiger partial charge in [-0.2, -0.15) is 5.10 Å². The second-order valence-corrected chi connectivity index (χ2v) is 4.75. The first-order valence-corrected chi connectivity index (χ1v) is 6.69. The number of ketones is 1. The summed E-state index contributed by atoms with van der Waals surface area (Å²) in [6, 6.07) is 2.34. The molecule has 0 fully saturated rings. The number of imidazole rings is 1. The van der Waals surface area contributed by atoms with E-state index in [-0.39, 0.29) is 5.78 Å². The van der Waals surface area contributed by atoms with E-state index in [1.807, 2.05) is 24.0 Å². The van der Waals surface area contributed by atoms with Crippen LogP contribution in [0.1, 0.15) is 48.9 Å². The zero-order chi connectivity index (χ0) is 13.8. The van der Waals surface area contributed by atoms with Crippen LogP contribution in [-0.4, -0.2) is 25.1 Å². The maximum atomic E-state index is 12.1. The van der Waals surface area contributed by atoms with E-state index in [9.17, 15) is 4.79 Å². The molecule has 0 bridgehead atoms. The minimum absolute atomic E-state index is 0.0507. The van der Waals surface area contributed by atoms with Gasteiger partial charge in [-0.1, -0.05) is 13.8 Å². The van der Waals surface area contributed by atoms with E-state index in [0.29, 0.717) is 18.2 Å². The minimum Gasteiger partial charge on any atom is -0.331 e. The van der Waals surface area contributed by atoms with Gasteiger partial charge in [0.1, 0.15) is 5.69 Å². The summed E-state index contributed by atoms with van der Waals surface area (Å²) in [5.41, 5.74) is 1.44. The third-order valence-electron chi connectivity index (χ3n) is 3.42. The molecule has 2 rings (SSSR count). The normalized spacial score (nSPS) is 11.2. The smallest absolute Gasteiger partial charge is 0.186 e. The summed E-state index contributed by atoms with van der Waals surface area (Å²) in [5, 5.41) is 4.50. The second-order valence-electron chi connectivity index (χ2n) is 4.75. The van der Waals surface area contributed by atoms with E-state index >= 15 is 0 Å². The number of carbonyl (C=O) groups is 1. The highest BCUT2D eigenvalue weighted by Gasteiger charge is 2.14. The topological polar surface area (TPSA) is 52.7 Å². The number of aryl methyl sites for hydroxylation is 1. The monoisotopic (exact) mass is 260 g/mol. The van der Waals surface area contributed by atoms with Gasteiger partial charge in [0.15, 0.2) is 5.78 Å². The number of carbonyl (C=O) groups excluding carboxylic acids is 1. The summed E-state index contributed by atoms with van der Waals surface area (Å²) >= 11 is 0. The van der Waals surface area contributed by atoms with Gasteiger partial charge in [-0.05, 0) is 18.9 Å². The molecule has 0 radical (unpaired) electrons. The Hall–Kier alpha value is -1.91. The first-order chi connectivity index (χ1) is 9.15. The maximum Gasteiger partial charge on any atom is 0.186 e. The fraction of sp³-hybridized carbons (Fsp3) is 0.500. The zero-order valence-corrected chi connectivity index (χ0v) is 11.7. The van der Waals surface area contributed by atoms with Gasteiger partial charge in [0.25, 0.3) is 0 Å². The van der Waals surface area contributed by atoms with Crippen molar-refractivity contribution in [2.45, 2.75) is 39.2 Å². The molecule has 2 aromatic heterocycles. The molecule has 0 saturated heterocycles. The lowest BCUT2D eigenvalue weighted by Gasteiger charge is -2.12. The maximum absolute atomic E-state index is 12.1. The van der Waals surface area contributed by atoms with Crippen LogP contribution in [0.5, 0.6) is 0 Å². The SMILES string of the molecule is CCC(CC)n1ccc(CC(=O)c2cncn2C)n1. The number of hydrogen-bond donors (Lipinski definition) is 0. The van der Waals surface area contributed by atoms with E-state index in [1.54, 1.807) is 17.1 Å². The van der Waals surface area contributed by atoms with Gasteiger partial charge in [0.2, 0.25) is 0 Å². The van der Waals surface area contributed by atoms with Gasteiger partial charge in [-0.15, -0.1) is 0 Å². The molecule has 0 amide bonds. The molecular formula is C14H20N4O. The van der Waals surface area contributed by atoms with Gasteiger partial charge in [0, 0.05) is 13.2 Å². The molecule has 5 nitrogen and oxygen atoms in total. The Morgan fingerprint density at radius 1 is 1.37 bits per heavy atom. The Morgan fingerprint density at radius 2 is 2.11 bits per heavy atom. The first kappa shape index (κ1) is 13.5. The van der Waals surface area contributed by atoms with Gasteiger partial charge >= 0.3 is 0 Å². The molecular weight excluding hydrogens is 240 g/mol. The molecule has 102 valence electrons. The number of aromatic nitrogens is 4. The largest absolute Gasteiger partial charge is 0.331 e. The molecule has 0 aromatic carbocycles. The number of Topliss-reactive ketones (excluding diaryl/α,β-unsaturated/α-hetero) is 1. The zero-order valence-electron chi connectivity index (χ0n) is 11.7. The highest BCUT2D eigenvalue weighted by atomic mass is 16.1. The molecule has 0 aliphatic rings. The van der Waals surface area contributed by atoms with Crippen molar-refractivity contribution in [3.8, 4) is 0 Å². The fourth-order valence-corrected chi connectivity index (χ4v) is 2.22. The van der Waals surface area contributed by atoms with Gasteiger partial charge in [-0.3, -0.25) is 9.48 Å². The lowest BCUT2D eigenvalue weighted by Crippen LogP contribution is -2.11. The third kappa shape index (κ3) is 2.92. The van der Waals surface area contributed by atoms with E-state index < -0.39 is 0 Å². The Kier molecular flexibility index (Phi) is 4.14. The van der Waals surface area contributed by atoms with Crippen LogP contribution in [0.2, 0.25) is 0 Å². The average Bonchev–Trinajstić information content (AvgIpc) is 3.00. The summed E-state index contributed by atoms with van der Waals surface area (Å²) in [6.07, 6.45) is 7.62. The second kappa shape index (κ2) is 5.82. The highest BCUT2D eigenvalue weighted by molar-refractivity contribution is 5.95. The highest BCUT2D eigenvalue weighted by Crippen LogP contribution is 2.15. The van der Waals surface area contributed by atoms with E-state index in [0.717, 1.165) is 18.5 Å². The van der Waals surface area contributed by atoms with Crippen molar-refractivity contribution in [3.63, 3.8) is 0 Å². The Bertz CT molecular complexity index is 551. The molecule has 0 unspecified atom stereocenters. The molecule has 2 heterocycles.